The molecule has 1 aliphatic rings. The molecule has 0 bridgehead atoms. The van der Waals surface area contributed by atoms with Crippen LogP contribution in [0.1, 0.15) is 25.1 Å². The first kappa shape index (κ1) is 15.6. The SMILES string of the molecule is CC(C)N1CCN(c2nc(C(F)(F)F)ccc2C#N)CC1. The van der Waals surface area contributed by atoms with Gasteiger partial charge in [0.05, 0.1) is 5.56 Å². The zero-order valence-electron chi connectivity index (χ0n) is 12.0. The summed E-state index contributed by atoms with van der Waals surface area (Å²) in [5.74, 6) is 0.135. The van der Waals surface area contributed by atoms with Crippen LogP contribution in [0.3, 0.4) is 0 Å². The number of piperazine rings is 1. The molecular weight excluding hydrogens is 281 g/mol. The fourth-order valence-corrected chi connectivity index (χ4v) is 2.38. The topological polar surface area (TPSA) is 43.2 Å². The number of alkyl halides is 3. The molecule has 2 rings (SSSR count). The predicted molar refractivity (Wildman–Crippen MR) is 72.9 cm³/mol. The van der Waals surface area contributed by atoms with Crippen LogP contribution in [0.5, 0.6) is 0 Å². The highest BCUT2D eigenvalue weighted by atomic mass is 19.4. The fraction of sp³-hybridized carbons (Fsp3) is 0.571. The van der Waals surface area contributed by atoms with Crippen LogP contribution < -0.4 is 4.90 Å². The number of pyridine rings is 1. The maximum absolute atomic E-state index is 12.8. The van der Waals surface area contributed by atoms with E-state index < -0.39 is 11.9 Å². The Morgan fingerprint density at radius 3 is 2.29 bits per heavy atom. The van der Waals surface area contributed by atoms with Gasteiger partial charge in [0.2, 0.25) is 0 Å². The molecule has 0 saturated carbocycles. The summed E-state index contributed by atoms with van der Waals surface area (Å²) >= 11 is 0. The lowest BCUT2D eigenvalue weighted by atomic mass is 10.2. The summed E-state index contributed by atoms with van der Waals surface area (Å²) < 4.78 is 38.3. The van der Waals surface area contributed by atoms with Gasteiger partial charge in [-0.15, -0.1) is 0 Å². The van der Waals surface area contributed by atoms with Crippen molar-refractivity contribution in [2.24, 2.45) is 0 Å². The minimum absolute atomic E-state index is 0.135. The highest BCUT2D eigenvalue weighted by Gasteiger charge is 2.34. The average Bonchev–Trinajstić information content (AvgIpc) is 2.45. The Balaban J connectivity index is 2.25. The standard InChI is InChI=1S/C14H17F3N4/c1-10(2)20-5-7-21(8-6-20)13-11(9-18)3-4-12(19-13)14(15,16)17/h3-4,10H,5-8H2,1-2H3. The molecule has 4 nitrogen and oxygen atoms in total. The second-order valence-electron chi connectivity index (χ2n) is 5.29. The summed E-state index contributed by atoms with van der Waals surface area (Å²) in [5, 5.41) is 9.07. The van der Waals surface area contributed by atoms with Gasteiger partial charge in [0.25, 0.3) is 0 Å². The third kappa shape index (κ3) is 3.45. The van der Waals surface area contributed by atoms with Crippen molar-refractivity contribution in [2.75, 3.05) is 31.1 Å². The van der Waals surface area contributed by atoms with Crippen molar-refractivity contribution in [3.05, 3.63) is 23.4 Å². The average molecular weight is 298 g/mol. The molecule has 0 aliphatic carbocycles. The van der Waals surface area contributed by atoms with Gasteiger partial charge in [0, 0.05) is 32.2 Å². The lowest BCUT2D eigenvalue weighted by Crippen LogP contribution is -2.49. The van der Waals surface area contributed by atoms with Gasteiger partial charge in [-0.2, -0.15) is 18.4 Å². The van der Waals surface area contributed by atoms with E-state index in [1.807, 2.05) is 6.07 Å². The van der Waals surface area contributed by atoms with E-state index >= 15 is 0 Å². The first-order valence-electron chi connectivity index (χ1n) is 6.80. The van der Waals surface area contributed by atoms with Crippen LogP contribution in [-0.2, 0) is 6.18 Å². The summed E-state index contributed by atoms with van der Waals surface area (Å²) in [7, 11) is 0. The molecule has 0 N–H and O–H groups in total. The van der Waals surface area contributed by atoms with Gasteiger partial charge >= 0.3 is 6.18 Å². The van der Waals surface area contributed by atoms with Crippen LogP contribution in [0.4, 0.5) is 19.0 Å². The molecule has 2 heterocycles. The number of hydrogen-bond acceptors (Lipinski definition) is 4. The molecule has 0 unspecified atom stereocenters. The fourth-order valence-electron chi connectivity index (χ4n) is 2.38. The van der Waals surface area contributed by atoms with Gasteiger partial charge in [-0.05, 0) is 26.0 Å². The molecule has 114 valence electrons. The molecule has 1 aromatic heterocycles. The number of nitrogens with zero attached hydrogens (tertiary/aromatic N) is 4. The van der Waals surface area contributed by atoms with Crippen LogP contribution >= 0.6 is 0 Å². The second-order valence-corrected chi connectivity index (χ2v) is 5.29. The molecule has 1 fully saturated rings. The first-order chi connectivity index (χ1) is 9.82. The molecule has 1 saturated heterocycles. The van der Waals surface area contributed by atoms with Crippen molar-refractivity contribution >= 4 is 5.82 Å². The van der Waals surface area contributed by atoms with Gasteiger partial charge < -0.3 is 4.90 Å². The maximum atomic E-state index is 12.8. The van der Waals surface area contributed by atoms with Crippen molar-refractivity contribution in [3.8, 4) is 6.07 Å². The highest BCUT2D eigenvalue weighted by Crippen LogP contribution is 2.30. The van der Waals surface area contributed by atoms with E-state index in [2.05, 4.69) is 23.7 Å². The lowest BCUT2D eigenvalue weighted by molar-refractivity contribution is -0.141. The Morgan fingerprint density at radius 1 is 1.19 bits per heavy atom. The molecular formula is C14H17F3N4. The van der Waals surface area contributed by atoms with Gasteiger partial charge in [-0.25, -0.2) is 4.98 Å². The molecule has 7 heteroatoms. The second kappa shape index (κ2) is 5.90. The van der Waals surface area contributed by atoms with E-state index in [0.717, 1.165) is 19.2 Å². The third-order valence-electron chi connectivity index (χ3n) is 3.63. The molecule has 0 aromatic carbocycles. The van der Waals surface area contributed by atoms with Crippen LogP contribution in [0.2, 0.25) is 0 Å². The molecule has 1 aromatic rings. The molecule has 1 aliphatic heterocycles. The van der Waals surface area contributed by atoms with Crippen molar-refractivity contribution in [1.82, 2.24) is 9.88 Å². The first-order valence-corrected chi connectivity index (χ1v) is 6.80. The zero-order chi connectivity index (χ0) is 15.6. The van der Waals surface area contributed by atoms with E-state index in [0.29, 0.717) is 19.1 Å². The highest BCUT2D eigenvalue weighted by molar-refractivity contribution is 5.55. The quantitative estimate of drug-likeness (QED) is 0.841. The van der Waals surface area contributed by atoms with Crippen LogP contribution in [0, 0.1) is 11.3 Å². The molecule has 0 atom stereocenters. The number of aromatic nitrogens is 1. The smallest absolute Gasteiger partial charge is 0.353 e. The van der Waals surface area contributed by atoms with Crippen LogP contribution in [0.25, 0.3) is 0 Å². The summed E-state index contributed by atoms with van der Waals surface area (Å²) in [5.41, 5.74) is -0.774. The van der Waals surface area contributed by atoms with E-state index in [9.17, 15) is 13.2 Å². The zero-order valence-corrected chi connectivity index (χ0v) is 12.0. The third-order valence-corrected chi connectivity index (χ3v) is 3.63. The monoisotopic (exact) mass is 298 g/mol. The number of halogens is 3. The van der Waals surface area contributed by atoms with Gasteiger partial charge in [0.1, 0.15) is 17.6 Å². The summed E-state index contributed by atoms with van der Waals surface area (Å²) in [6.07, 6.45) is -4.50. The normalized spacial score (nSPS) is 17.1. The largest absolute Gasteiger partial charge is 0.433 e. The molecule has 21 heavy (non-hydrogen) atoms. The predicted octanol–water partition coefficient (Wildman–Crippen LogP) is 2.50. The summed E-state index contributed by atoms with van der Waals surface area (Å²) in [6, 6.07) is 4.37. The van der Waals surface area contributed by atoms with Crippen molar-refractivity contribution in [3.63, 3.8) is 0 Å². The summed E-state index contributed by atoms with van der Waals surface area (Å²) in [6.45, 7) is 6.81. The molecule has 0 amide bonds. The van der Waals surface area contributed by atoms with Gasteiger partial charge in [-0.3, -0.25) is 4.90 Å². The van der Waals surface area contributed by atoms with Gasteiger partial charge in [-0.1, -0.05) is 0 Å². The van der Waals surface area contributed by atoms with Crippen molar-refractivity contribution in [1.29, 1.82) is 5.26 Å². The molecule has 0 spiro atoms. The number of rotatable bonds is 2. The number of anilines is 1. The number of nitriles is 1. The van der Waals surface area contributed by atoms with Gasteiger partial charge in [0.15, 0.2) is 0 Å². The minimum Gasteiger partial charge on any atom is -0.353 e. The molecule has 0 radical (unpaired) electrons. The van der Waals surface area contributed by atoms with E-state index in [4.69, 9.17) is 5.26 Å². The minimum atomic E-state index is -4.50. The Bertz CT molecular complexity index is 540. The Kier molecular flexibility index (Phi) is 4.37. The van der Waals surface area contributed by atoms with Crippen LogP contribution in [-0.4, -0.2) is 42.1 Å². The van der Waals surface area contributed by atoms with Crippen LogP contribution in [0.15, 0.2) is 12.1 Å². The van der Waals surface area contributed by atoms with E-state index in [1.165, 1.54) is 6.07 Å². The van der Waals surface area contributed by atoms with Crippen molar-refractivity contribution in [2.45, 2.75) is 26.1 Å². The Labute approximate surface area is 121 Å². The maximum Gasteiger partial charge on any atom is 0.433 e. The number of hydrogen-bond donors (Lipinski definition) is 0. The summed E-state index contributed by atoms with van der Waals surface area (Å²) in [4.78, 5) is 7.67. The lowest BCUT2D eigenvalue weighted by Gasteiger charge is -2.37. The Morgan fingerprint density at radius 2 is 1.81 bits per heavy atom. The van der Waals surface area contributed by atoms with E-state index in [1.54, 1.807) is 4.90 Å². The Hall–Kier alpha value is -1.81. The van der Waals surface area contributed by atoms with E-state index in [-0.39, 0.29) is 11.4 Å². The van der Waals surface area contributed by atoms with Crippen molar-refractivity contribution < 1.29 is 13.2 Å².